The van der Waals surface area contributed by atoms with Crippen molar-refractivity contribution in [3.63, 3.8) is 0 Å². The minimum absolute atomic E-state index is 0.207. The number of hydrogen-bond acceptors (Lipinski definition) is 2. The first kappa shape index (κ1) is 17.0. The third-order valence-electron chi connectivity index (χ3n) is 3.91. The molecule has 130 valence electrons. The highest BCUT2D eigenvalue weighted by atomic mass is 19.1. The summed E-state index contributed by atoms with van der Waals surface area (Å²) in [6.45, 7) is 0. The third kappa shape index (κ3) is 5.31. The molecule has 2 aromatic rings. The Balaban J connectivity index is 1.65. The molecule has 5 nitrogen and oxygen atoms in total. The average molecular weight is 341 g/mol. The number of urea groups is 1. The van der Waals surface area contributed by atoms with Crippen LogP contribution in [0.25, 0.3) is 0 Å². The molecule has 0 unspecified atom stereocenters. The van der Waals surface area contributed by atoms with Gasteiger partial charge >= 0.3 is 6.03 Å². The van der Waals surface area contributed by atoms with Gasteiger partial charge in [-0.25, -0.2) is 9.18 Å². The zero-order chi connectivity index (χ0) is 17.6. The molecule has 0 radical (unpaired) electrons. The molecule has 1 atom stereocenters. The average Bonchev–Trinajstić information content (AvgIpc) is 3.39. The smallest absolute Gasteiger partial charge is 0.319 e. The van der Waals surface area contributed by atoms with Gasteiger partial charge in [0.1, 0.15) is 11.9 Å². The van der Waals surface area contributed by atoms with Crippen molar-refractivity contribution in [2.45, 2.75) is 31.3 Å². The molecule has 0 aliphatic heterocycles. The summed E-state index contributed by atoms with van der Waals surface area (Å²) in [5.74, 6) is -0.647. The SMILES string of the molecule is O=C(Nc1cccc(F)c1)N[C@@H](Cc1ccccc1)C(=O)NC1CC1. The van der Waals surface area contributed by atoms with Crippen LogP contribution in [0.15, 0.2) is 54.6 Å². The topological polar surface area (TPSA) is 70.2 Å². The lowest BCUT2D eigenvalue weighted by Gasteiger charge is -2.19. The zero-order valence-corrected chi connectivity index (χ0v) is 13.7. The van der Waals surface area contributed by atoms with Crippen LogP contribution in [0, 0.1) is 5.82 Å². The molecule has 0 heterocycles. The van der Waals surface area contributed by atoms with E-state index in [-0.39, 0.29) is 11.9 Å². The lowest BCUT2D eigenvalue weighted by molar-refractivity contribution is -0.123. The lowest BCUT2D eigenvalue weighted by atomic mass is 10.1. The van der Waals surface area contributed by atoms with Crippen LogP contribution in [0.4, 0.5) is 14.9 Å². The number of rotatable bonds is 6. The van der Waals surface area contributed by atoms with E-state index in [0.29, 0.717) is 12.1 Å². The summed E-state index contributed by atoms with van der Waals surface area (Å²) >= 11 is 0. The fourth-order valence-corrected chi connectivity index (χ4v) is 2.48. The third-order valence-corrected chi connectivity index (χ3v) is 3.91. The molecule has 25 heavy (non-hydrogen) atoms. The van der Waals surface area contributed by atoms with E-state index in [2.05, 4.69) is 16.0 Å². The van der Waals surface area contributed by atoms with E-state index in [0.717, 1.165) is 18.4 Å². The zero-order valence-electron chi connectivity index (χ0n) is 13.7. The highest BCUT2D eigenvalue weighted by Crippen LogP contribution is 2.19. The Bertz CT molecular complexity index is 747. The minimum Gasteiger partial charge on any atom is -0.352 e. The van der Waals surface area contributed by atoms with Crippen LogP contribution in [-0.2, 0) is 11.2 Å². The summed E-state index contributed by atoms with van der Waals surface area (Å²) < 4.78 is 13.2. The molecule has 0 spiro atoms. The van der Waals surface area contributed by atoms with Crippen LogP contribution in [0.1, 0.15) is 18.4 Å². The Hall–Kier alpha value is -2.89. The number of nitrogens with one attached hydrogen (secondary N) is 3. The Kier molecular flexibility index (Phi) is 5.28. The summed E-state index contributed by atoms with van der Waals surface area (Å²) in [5, 5.41) is 8.15. The van der Waals surface area contributed by atoms with E-state index in [4.69, 9.17) is 0 Å². The number of anilines is 1. The predicted octanol–water partition coefficient (Wildman–Crippen LogP) is 2.84. The standard InChI is InChI=1S/C19H20FN3O2/c20-14-7-4-8-16(12-14)22-19(25)23-17(18(24)21-15-9-10-15)11-13-5-2-1-3-6-13/h1-8,12,15,17H,9-11H2,(H,21,24)(H2,22,23,25)/t17-/m0/s1. The van der Waals surface area contributed by atoms with Crippen molar-refractivity contribution in [2.24, 2.45) is 0 Å². The molecule has 1 fully saturated rings. The summed E-state index contributed by atoms with van der Waals surface area (Å²) in [5.41, 5.74) is 1.28. The molecule has 0 aromatic heterocycles. The maximum absolute atomic E-state index is 13.2. The van der Waals surface area contributed by atoms with E-state index in [1.165, 1.54) is 18.2 Å². The highest BCUT2D eigenvalue weighted by Gasteiger charge is 2.28. The maximum atomic E-state index is 13.2. The Morgan fingerprint density at radius 1 is 1.08 bits per heavy atom. The van der Waals surface area contributed by atoms with E-state index in [1.807, 2.05) is 30.3 Å². The van der Waals surface area contributed by atoms with Crippen molar-refractivity contribution in [3.8, 4) is 0 Å². The number of carbonyl (C=O) groups excluding carboxylic acids is 2. The van der Waals surface area contributed by atoms with Crippen molar-refractivity contribution >= 4 is 17.6 Å². The lowest BCUT2D eigenvalue weighted by Crippen LogP contribution is -2.49. The Morgan fingerprint density at radius 2 is 1.84 bits per heavy atom. The van der Waals surface area contributed by atoms with Crippen LogP contribution in [0.3, 0.4) is 0 Å². The first-order valence-electron chi connectivity index (χ1n) is 8.27. The second-order valence-electron chi connectivity index (χ2n) is 6.13. The summed E-state index contributed by atoms with van der Waals surface area (Å²) in [6.07, 6.45) is 2.33. The number of halogens is 1. The van der Waals surface area contributed by atoms with Gasteiger partial charge < -0.3 is 16.0 Å². The van der Waals surface area contributed by atoms with Gasteiger partial charge in [0.25, 0.3) is 0 Å². The summed E-state index contributed by atoms with van der Waals surface area (Å²) in [4.78, 5) is 24.6. The van der Waals surface area contributed by atoms with E-state index >= 15 is 0 Å². The van der Waals surface area contributed by atoms with Gasteiger partial charge in [0, 0.05) is 18.2 Å². The molecule has 1 aliphatic carbocycles. The van der Waals surface area contributed by atoms with Gasteiger partial charge in [-0.1, -0.05) is 36.4 Å². The molecular formula is C19H20FN3O2. The first-order valence-corrected chi connectivity index (χ1v) is 8.27. The highest BCUT2D eigenvalue weighted by molar-refractivity contribution is 5.94. The van der Waals surface area contributed by atoms with Gasteiger partial charge in [-0.05, 0) is 36.6 Å². The fraction of sp³-hybridized carbons (Fsp3) is 0.263. The second-order valence-corrected chi connectivity index (χ2v) is 6.13. The van der Waals surface area contributed by atoms with Crippen LogP contribution in [0.2, 0.25) is 0 Å². The molecule has 3 amide bonds. The summed E-state index contributed by atoms with van der Waals surface area (Å²) in [7, 11) is 0. The van der Waals surface area contributed by atoms with Crippen LogP contribution in [0.5, 0.6) is 0 Å². The molecule has 0 saturated heterocycles. The molecule has 3 rings (SSSR count). The Labute approximate surface area is 145 Å². The van der Waals surface area contributed by atoms with Crippen molar-refractivity contribution in [1.82, 2.24) is 10.6 Å². The quantitative estimate of drug-likeness (QED) is 0.756. The van der Waals surface area contributed by atoms with Gasteiger partial charge in [-0.2, -0.15) is 0 Å². The monoisotopic (exact) mass is 341 g/mol. The second kappa shape index (κ2) is 7.79. The van der Waals surface area contributed by atoms with Crippen LogP contribution in [-0.4, -0.2) is 24.0 Å². The molecule has 6 heteroatoms. The van der Waals surface area contributed by atoms with Crippen LogP contribution >= 0.6 is 0 Å². The van der Waals surface area contributed by atoms with Gasteiger partial charge in [0.05, 0.1) is 0 Å². The van der Waals surface area contributed by atoms with Gasteiger partial charge in [-0.3, -0.25) is 4.79 Å². The normalized spacial score (nSPS) is 14.4. The first-order chi connectivity index (χ1) is 12.1. The van der Waals surface area contributed by atoms with E-state index in [1.54, 1.807) is 6.07 Å². The fourth-order valence-electron chi connectivity index (χ4n) is 2.48. The number of carbonyl (C=O) groups is 2. The van der Waals surface area contributed by atoms with Gasteiger partial charge in [-0.15, -0.1) is 0 Å². The van der Waals surface area contributed by atoms with Crippen molar-refractivity contribution in [1.29, 1.82) is 0 Å². The van der Waals surface area contributed by atoms with Crippen molar-refractivity contribution < 1.29 is 14.0 Å². The van der Waals surface area contributed by atoms with Gasteiger partial charge in [0.15, 0.2) is 0 Å². The molecule has 1 aliphatic rings. The molecule has 2 aromatic carbocycles. The molecule has 0 bridgehead atoms. The number of hydrogen-bond donors (Lipinski definition) is 3. The molecule has 1 saturated carbocycles. The van der Waals surface area contributed by atoms with E-state index < -0.39 is 17.9 Å². The van der Waals surface area contributed by atoms with Gasteiger partial charge in [0.2, 0.25) is 5.91 Å². The largest absolute Gasteiger partial charge is 0.352 e. The molecule has 3 N–H and O–H groups in total. The van der Waals surface area contributed by atoms with Crippen molar-refractivity contribution in [3.05, 3.63) is 66.0 Å². The maximum Gasteiger partial charge on any atom is 0.319 e. The van der Waals surface area contributed by atoms with Crippen molar-refractivity contribution in [2.75, 3.05) is 5.32 Å². The number of benzene rings is 2. The Morgan fingerprint density at radius 3 is 2.52 bits per heavy atom. The van der Waals surface area contributed by atoms with E-state index in [9.17, 15) is 14.0 Å². The minimum atomic E-state index is -0.698. The summed E-state index contributed by atoms with van der Waals surface area (Å²) in [6, 6.07) is 14.1. The van der Waals surface area contributed by atoms with Crippen LogP contribution < -0.4 is 16.0 Å². The number of amides is 3. The predicted molar refractivity (Wildman–Crippen MR) is 93.7 cm³/mol. The molecular weight excluding hydrogens is 321 g/mol.